The highest BCUT2D eigenvalue weighted by Crippen LogP contribution is 2.40. The molecule has 162 valence electrons. The second-order valence-corrected chi connectivity index (χ2v) is 7.21. The zero-order valence-electron chi connectivity index (χ0n) is 16.4. The Morgan fingerprint density at radius 3 is 2.47 bits per heavy atom. The second kappa shape index (κ2) is 7.98. The minimum absolute atomic E-state index is 0.275. The maximum absolute atomic E-state index is 13.9. The van der Waals surface area contributed by atoms with Crippen LogP contribution >= 0.6 is 0 Å². The van der Waals surface area contributed by atoms with Gasteiger partial charge in [0, 0.05) is 11.1 Å². The third-order valence-corrected chi connectivity index (χ3v) is 5.13. The van der Waals surface area contributed by atoms with Gasteiger partial charge in [0.25, 0.3) is 0 Å². The monoisotopic (exact) mass is 440 g/mol. The van der Waals surface area contributed by atoms with Crippen LogP contribution in [0.4, 0.5) is 23.2 Å². The Balaban J connectivity index is 1.69. The zero-order chi connectivity index (χ0) is 22.9. The van der Waals surface area contributed by atoms with Crippen LogP contribution in [0.5, 0.6) is 0 Å². The highest BCUT2D eigenvalue weighted by molar-refractivity contribution is 5.81. The van der Waals surface area contributed by atoms with Crippen LogP contribution in [0, 0.1) is 17.1 Å². The molecule has 0 saturated carbocycles. The Hall–Kier alpha value is -3.90. The molecule has 9 heteroatoms. The number of benzene rings is 3. The summed E-state index contributed by atoms with van der Waals surface area (Å²) in [5.41, 5.74) is -1.96. The molecule has 4 aromatic rings. The van der Waals surface area contributed by atoms with Crippen LogP contribution in [-0.2, 0) is 5.60 Å². The highest BCUT2D eigenvalue weighted by Gasteiger charge is 2.55. The van der Waals surface area contributed by atoms with Crippen molar-refractivity contribution >= 4 is 16.6 Å². The lowest BCUT2D eigenvalue weighted by atomic mass is 9.92. The normalized spacial score (nSPS) is 13.5. The van der Waals surface area contributed by atoms with Crippen molar-refractivity contribution in [3.05, 3.63) is 89.9 Å². The largest absolute Gasteiger partial charge is 0.423 e. The number of anilines is 1. The first-order valence-electron chi connectivity index (χ1n) is 9.49. The fourth-order valence-electron chi connectivity index (χ4n) is 3.37. The average molecular weight is 440 g/mol. The molecule has 5 nitrogen and oxygen atoms in total. The van der Waals surface area contributed by atoms with Gasteiger partial charge < -0.3 is 10.4 Å². The first-order chi connectivity index (χ1) is 15.2. The van der Waals surface area contributed by atoms with Crippen molar-refractivity contribution in [3.63, 3.8) is 0 Å². The summed E-state index contributed by atoms with van der Waals surface area (Å²) in [6.07, 6.45) is -3.60. The molecule has 2 N–H and O–H groups in total. The number of fused-ring (bicyclic) bond motifs is 1. The minimum Gasteiger partial charge on any atom is -0.381 e. The van der Waals surface area contributed by atoms with Crippen LogP contribution in [0.25, 0.3) is 16.6 Å². The maximum atomic E-state index is 13.9. The molecule has 0 aliphatic rings. The van der Waals surface area contributed by atoms with Crippen LogP contribution < -0.4 is 5.32 Å². The highest BCUT2D eigenvalue weighted by atomic mass is 19.4. The molecule has 1 aromatic heterocycles. The molecule has 1 atom stereocenters. The van der Waals surface area contributed by atoms with E-state index in [1.807, 2.05) is 6.07 Å². The molecule has 0 fully saturated rings. The smallest absolute Gasteiger partial charge is 0.381 e. The van der Waals surface area contributed by atoms with E-state index in [0.717, 1.165) is 0 Å². The molecule has 1 unspecified atom stereocenters. The van der Waals surface area contributed by atoms with Crippen molar-refractivity contribution in [2.45, 2.75) is 11.8 Å². The third-order valence-electron chi connectivity index (χ3n) is 5.13. The Kier molecular flexibility index (Phi) is 5.32. The summed E-state index contributed by atoms with van der Waals surface area (Å²) in [6.45, 7) is -0.858. The van der Waals surface area contributed by atoms with Gasteiger partial charge in [-0.15, -0.1) is 0 Å². The van der Waals surface area contributed by atoms with Crippen molar-refractivity contribution in [3.8, 4) is 11.8 Å². The summed E-state index contributed by atoms with van der Waals surface area (Å²) in [5, 5.41) is 26.8. The van der Waals surface area contributed by atoms with Gasteiger partial charge in [-0.25, -0.2) is 9.07 Å². The SMILES string of the molecule is N#Cc1cccc(NCC(O)(c2ccc3c(cnn3-c3ccc(F)cc3)c2)C(F)(F)F)c1. The number of halogens is 4. The van der Waals surface area contributed by atoms with Crippen molar-refractivity contribution in [2.75, 3.05) is 11.9 Å². The number of hydrogen-bond acceptors (Lipinski definition) is 4. The van der Waals surface area contributed by atoms with Crippen LogP contribution in [-0.4, -0.2) is 27.6 Å². The zero-order valence-corrected chi connectivity index (χ0v) is 16.4. The Bertz CT molecular complexity index is 1310. The molecule has 32 heavy (non-hydrogen) atoms. The number of aromatic nitrogens is 2. The van der Waals surface area contributed by atoms with Gasteiger partial charge in [-0.1, -0.05) is 12.1 Å². The lowest BCUT2D eigenvalue weighted by Gasteiger charge is -2.31. The molecular formula is C23H16F4N4O. The van der Waals surface area contributed by atoms with Crippen LogP contribution in [0.3, 0.4) is 0 Å². The molecule has 0 saturated heterocycles. The second-order valence-electron chi connectivity index (χ2n) is 7.21. The molecule has 1 heterocycles. The number of alkyl halides is 3. The van der Waals surface area contributed by atoms with E-state index in [2.05, 4.69) is 10.4 Å². The Morgan fingerprint density at radius 1 is 1.03 bits per heavy atom. The first kappa shape index (κ1) is 21.3. The number of aliphatic hydroxyl groups is 1. The molecule has 0 radical (unpaired) electrons. The lowest BCUT2D eigenvalue weighted by molar-refractivity contribution is -0.260. The average Bonchev–Trinajstić information content (AvgIpc) is 3.20. The summed E-state index contributed by atoms with van der Waals surface area (Å²) in [7, 11) is 0. The van der Waals surface area contributed by atoms with E-state index in [9.17, 15) is 22.7 Å². The van der Waals surface area contributed by atoms with E-state index in [0.29, 0.717) is 16.6 Å². The standard InChI is InChI=1S/C23H16F4N4O/c24-18-5-7-20(8-6-18)31-21-9-4-17(11-16(21)13-30-31)22(32,23(25,26)27)14-29-19-3-1-2-15(10-19)12-28/h1-11,13,29,32H,14H2. The fourth-order valence-corrected chi connectivity index (χ4v) is 3.37. The summed E-state index contributed by atoms with van der Waals surface area (Å²) in [4.78, 5) is 0. The summed E-state index contributed by atoms with van der Waals surface area (Å²) >= 11 is 0. The van der Waals surface area contributed by atoms with E-state index in [1.165, 1.54) is 77.6 Å². The lowest BCUT2D eigenvalue weighted by Crippen LogP contribution is -2.47. The van der Waals surface area contributed by atoms with E-state index < -0.39 is 24.1 Å². The predicted octanol–water partition coefficient (Wildman–Crippen LogP) is 4.90. The van der Waals surface area contributed by atoms with E-state index in [1.54, 1.807) is 0 Å². The van der Waals surface area contributed by atoms with Gasteiger partial charge in [-0.05, 0) is 60.2 Å². The summed E-state index contributed by atoms with van der Waals surface area (Å²) in [5.74, 6) is -0.421. The van der Waals surface area contributed by atoms with Gasteiger partial charge in [-0.3, -0.25) is 0 Å². The molecule has 3 aromatic carbocycles. The van der Waals surface area contributed by atoms with Crippen LogP contribution in [0.2, 0.25) is 0 Å². The number of nitriles is 1. The van der Waals surface area contributed by atoms with Gasteiger partial charge in [0.15, 0.2) is 0 Å². The van der Waals surface area contributed by atoms with E-state index in [4.69, 9.17) is 5.26 Å². The van der Waals surface area contributed by atoms with Gasteiger partial charge in [0.1, 0.15) is 5.82 Å². The first-order valence-corrected chi connectivity index (χ1v) is 9.49. The summed E-state index contributed by atoms with van der Waals surface area (Å²) < 4.78 is 56.5. The molecule has 0 aliphatic heterocycles. The predicted molar refractivity (Wildman–Crippen MR) is 111 cm³/mol. The van der Waals surface area contributed by atoms with Crippen molar-refractivity contribution in [2.24, 2.45) is 0 Å². The minimum atomic E-state index is -4.98. The number of hydrogen-bond donors (Lipinski definition) is 2. The van der Waals surface area contributed by atoms with Crippen LogP contribution in [0.1, 0.15) is 11.1 Å². The fraction of sp³-hybridized carbons (Fsp3) is 0.130. The maximum Gasteiger partial charge on any atom is 0.423 e. The quantitative estimate of drug-likeness (QED) is 0.433. The molecule has 4 rings (SSSR count). The number of nitrogens with one attached hydrogen (secondary N) is 1. The molecular weight excluding hydrogens is 424 g/mol. The molecule has 0 spiro atoms. The Morgan fingerprint density at radius 2 is 1.78 bits per heavy atom. The molecule has 0 aliphatic carbocycles. The van der Waals surface area contributed by atoms with Crippen LogP contribution in [0.15, 0.2) is 72.9 Å². The third kappa shape index (κ3) is 3.88. The van der Waals surface area contributed by atoms with Crippen molar-refractivity contribution in [1.29, 1.82) is 5.26 Å². The van der Waals surface area contributed by atoms with Crippen molar-refractivity contribution in [1.82, 2.24) is 9.78 Å². The van der Waals surface area contributed by atoms with Crippen molar-refractivity contribution < 1.29 is 22.7 Å². The topological polar surface area (TPSA) is 73.9 Å². The van der Waals surface area contributed by atoms with Gasteiger partial charge >= 0.3 is 6.18 Å². The summed E-state index contributed by atoms with van der Waals surface area (Å²) in [6, 6.07) is 17.2. The van der Waals surface area contributed by atoms with Gasteiger partial charge in [-0.2, -0.15) is 23.5 Å². The number of nitrogens with zero attached hydrogens (tertiary/aromatic N) is 3. The Labute approximate surface area is 180 Å². The van der Waals surface area contributed by atoms with E-state index >= 15 is 0 Å². The molecule has 0 amide bonds. The van der Waals surface area contributed by atoms with E-state index in [-0.39, 0.29) is 16.8 Å². The molecule has 0 bridgehead atoms. The van der Waals surface area contributed by atoms with Gasteiger partial charge in [0.05, 0.1) is 35.6 Å². The van der Waals surface area contributed by atoms with Gasteiger partial charge in [0.2, 0.25) is 5.60 Å². The number of rotatable bonds is 5.